The topological polar surface area (TPSA) is 141 Å². The zero-order valence-corrected chi connectivity index (χ0v) is 25.6. The van der Waals surface area contributed by atoms with Gasteiger partial charge in [0.15, 0.2) is 23.0 Å². The molecule has 12 heteroatoms. The van der Waals surface area contributed by atoms with Crippen LogP contribution in [0.5, 0.6) is 23.0 Å². The van der Waals surface area contributed by atoms with E-state index in [1.807, 2.05) is 46.8 Å². The van der Waals surface area contributed by atoms with Crippen molar-refractivity contribution in [3.05, 3.63) is 46.5 Å². The van der Waals surface area contributed by atoms with Gasteiger partial charge in [-0.25, -0.2) is 9.59 Å². The van der Waals surface area contributed by atoms with Gasteiger partial charge in [-0.15, -0.1) is 0 Å². The molecule has 236 valence electrons. The first-order chi connectivity index (χ1) is 21.2. The number of hydrogen-bond donors (Lipinski definition) is 1. The van der Waals surface area contributed by atoms with Crippen molar-refractivity contribution in [1.82, 2.24) is 9.80 Å². The molecule has 2 saturated heterocycles. The minimum atomic E-state index is -0.834. The molecule has 44 heavy (non-hydrogen) atoms. The van der Waals surface area contributed by atoms with Gasteiger partial charge in [0.2, 0.25) is 12.5 Å². The third kappa shape index (κ3) is 5.37. The van der Waals surface area contributed by atoms with E-state index in [1.165, 1.54) is 11.0 Å². The van der Waals surface area contributed by atoms with Gasteiger partial charge in [0, 0.05) is 23.2 Å². The van der Waals surface area contributed by atoms with E-state index in [4.69, 9.17) is 23.7 Å². The second-order valence-electron chi connectivity index (χ2n) is 10.8. The molecule has 4 aliphatic rings. The van der Waals surface area contributed by atoms with Crippen LogP contribution in [-0.2, 0) is 41.5 Å². The molecule has 4 unspecified atom stereocenters. The Bertz CT molecular complexity index is 1470. The summed E-state index contributed by atoms with van der Waals surface area (Å²) >= 11 is 0. The molecule has 2 fully saturated rings. The number of ether oxygens (including phenoxy) is 5. The third-order valence-corrected chi connectivity index (χ3v) is 8.26. The lowest BCUT2D eigenvalue weighted by molar-refractivity contribution is -0.149. The van der Waals surface area contributed by atoms with Crippen LogP contribution in [0.4, 0.5) is 0 Å². The molecule has 4 aliphatic heterocycles. The number of carbonyl (C=O) groups is 4. The van der Waals surface area contributed by atoms with Crippen molar-refractivity contribution in [2.75, 3.05) is 19.8 Å². The number of nitrogens with zero attached hydrogens (tertiary/aromatic N) is 2. The summed E-state index contributed by atoms with van der Waals surface area (Å²) in [6, 6.07) is 6.94. The molecule has 1 N–H and O–H groups in total. The van der Waals surface area contributed by atoms with Crippen molar-refractivity contribution in [3.8, 4) is 23.0 Å². The summed E-state index contributed by atoms with van der Waals surface area (Å²) < 4.78 is 27.2. The van der Waals surface area contributed by atoms with Crippen LogP contribution in [0.1, 0.15) is 82.2 Å². The average Bonchev–Trinajstić information content (AvgIpc) is 3.48. The lowest BCUT2D eigenvalue weighted by Crippen LogP contribution is -2.43. The molecule has 0 aliphatic carbocycles. The van der Waals surface area contributed by atoms with Crippen molar-refractivity contribution in [3.63, 3.8) is 0 Å². The van der Waals surface area contributed by atoms with E-state index < -0.39 is 36.2 Å². The predicted molar refractivity (Wildman–Crippen MR) is 155 cm³/mol. The highest BCUT2D eigenvalue weighted by molar-refractivity contribution is 6.34. The Kier molecular flexibility index (Phi) is 8.89. The number of rotatable bonds is 8. The molecule has 0 radical (unpaired) electrons. The van der Waals surface area contributed by atoms with Crippen LogP contribution in [0.15, 0.2) is 24.3 Å². The van der Waals surface area contributed by atoms with Crippen molar-refractivity contribution >= 4 is 23.8 Å². The van der Waals surface area contributed by atoms with Gasteiger partial charge < -0.3 is 28.8 Å². The quantitative estimate of drug-likeness (QED) is 0.347. The molecule has 2 amide bonds. The summed E-state index contributed by atoms with van der Waals surface area (Å²) in [6.07, 6.45) is 1.39. The Morgan fingerprint density at radius 2 is 1.07 bits per heavy atom. The second kappa shape index (κ2) is 12.6. The predicted octanol–water partition coefficient (Wildman–Crippen LogP) is 3.71. The first kappa shape index (κ1) is 31.0. The number of amides is 2. The zero-order valence-electron chi connectivity index (χ0n) is 25.6. The van der Waals surface area contributed by atoms with Crippen LogP contribution in [0.3, 0.4) is 0 Å². The first-order valence-corrected chi connectivity index (χ1v) is 15.1. The molecule has 4 heterocycles. The SMILES string of the molecule is CCOc1cc2c(cc1O)C1OC(=O)C(=O)N1C(CC)C2.CCOc1cc2c(cc1OCC)C1OC(=O)C(=O)N1C(CC)C2. The maximum absolute atomic E-state index is 12.1. The Labute approximate surface area is 255 Å². The number of carbonyl (C=O) groups excluding carboxylic acids is 4. The van der Waals surface area contributed by atoms with Crippen LogP contribution in [0.2, 0.25) is 0 Å². The van der Waals surface area contributed by atoms with Crippen molar-refractivity contribution in [1.29, 1.82) is 0 Å². The normalized spacial score (nSPS) is 23.0. The fourth-order valence-electron chi connectivity index (χ4n) is 6.23. The minimum Gasteiger partial charge on any atom is -0.504 e. The monoisotopic (exact) mass is 610 g/mol. The molecular weight excluding hydrogens is 572 g/mol. The van der Waals surface area contributed by atoms with Gasteiger partial charge in [-0.05, 0) is 81.8 Å². The van der Waals surface area contributed by atoms with Gasteiger partial charge in [0.1, 0.15) is 0 Å². The van der Waals surface area contributed by atoms with Crippen LogP contribution in [0, 0.1) is 0 Å². The van der Waals surface area contributed by atoms with Crippen LogP contribution in [-0.4, -0.2) is 70.6 Å². The van der Waals surface area contributed by atoms with Gasteiger partial charge in [0.25, 0.3) is 0 Å². The molecule has 6 rings (SSSR count). The number of aromatic hydroxyl groups is 1. The molecule has 0 saturated carbocycles. The molecule has 0 aromatic heterocycles. The number of phenols is 1. The number of fused-ring (bicyclic) bond motifs is 6. The fourth-order valence-corrected chi connectivity index (χ4v) is 6.23. The first-order valence-electron chi connectivity index (χ1n) is 15.1. The Hall–Kier alpha value is -4.48. The standard InChI is InChI=1S/C17H21NO5.C15H17NO5/c1-4-11-7-10-8-13(21-5-2)14(22-6-3)9-12(10)16-18(11)15(19)17(20)23-16;1-3-9-5-8-6-12(20-4-2)11(17)7-10(8)14-16(9)13(18)15(19)21-14/h8-9,11,16H,4-7H2,1-3H3;6-7,9,14,17H,3-5H2,1-2H3. The Morgan fingerprint density at radius 3 is 1.52 bits per heavy atom. The number of phenolic OH excluding ortho intramolecular Hbond substituents is 1. The highest BCUT2D eigenvalue weighted by Crippen LogP contribution is 2.44. The van der Waals surface area contributed by atoms with Gasteiger partial charge in [-0.2, -0.15) is 0 Å². The molecule has 2 aromatic carbocycles. The summed E-state index contributed by atoms with van der Waals surface area (Å²) in [4.78, 5) is 50.4. The highest BCUT2D eigenvalue weighted by atomic mass is 16.6. The van der Waals surface area contributed by atoms with E-state index in [0.29, 0.717) is 55.5 Å². The molecular formula is C32H38N2O10. The maximum Gasteiger partial charge on any atom is 0.399 e. The van der Waals surface area contributed by atoms with Gasteiger partial charge in [0.05, 0.1) is 19.8 Å². The maximum atomic E-state index is 12.1. The minimum absolute atomic E-state index is 0.0131. The van der Waals surface area contributed by atoms with E-state index in [1.54, 1.807) is 11.0 Å². The smallest absolute Gasteiger partial charge is 0.399 e. The summed E-state index contributed by atoms with van der Waals surface area (Å²) in [5, 5.41) is 10.0. The summed E-state index contributed by atoms with van der Waals surface area (Å²) in [5.41, 5.74) is 3.43. The van der Waals surface area contributed by atoms with Crippen molar-refractivity contribution < 1.29 is 48.0 Å². The van der Waals surface area contributed by atoms with Gasteiger partial charge >= 0.3 is 23.8 Å². The van der Waals surface area contributed by atoms with Gasteiger partial charge in [-0.3, -0.25) is 19.4 Å². The number of benzene rings is 2. The molecule has 12 nitrogen and oxygen atoms in total. The fraction of sp³-hybridized carbons (Fsp3) is 0.500. The van der Waals surface area contributed by atoms with E-state index in [2.05, 4.69) is 0 Å². The molecule has 4 atom stereocenters. The Balaban J connectivity index is 0.000000175. The van der Waals surface area contributed by atoms with Crippen LogP contribution in [0.25, 0.3) is 0 Å². The van der Waals surface area contributed by atoms with Crippen molar-refractivity contribution in [2.24, 2.45) is 0 Å². The summed E-state index contributed by atoms with van der Waals surface area (Å²) in [5.74, 6) is -1.08. The van der Waals surface area contributed by atoms with Crippen LogP contribution < -0.4 is 14.2 Å². The molecule has 0 spiro atoms. The number of hydrogen-bond acceptors (Lipinski definition) is 10. The third-order valence-electron chi connectivity index (χ3n) is 8.26. The largest absolute Gasteiger partial charge is 0.504 e. The summed E-state index contributed by atoms with van der Waals surface area (Å²) in [7, 11) is 0. The van der Waals surface area contributed by atoms with E-state index >= 15 is 0 Å². The lowest BCUT2D eigenvalue weighted by Gasteiger charge is -2.36. The Morgan fingerprint density at radius 1 is 0.659 bits per heavy atom. The summed E-state index contributed by atoms with van der Waals surface area (Å²) in [6.45, 7) is 11.1. The number of esters is 2. The molecule has 2 aromatic rings. The van der Waals surface area contributed by atoms with Crippen molar-refractivity contribution in [2.45, 2.75) is 84.8 Å². The second-order valence-corrected chi connectivity index (χ2v) is 10.8. The molecule has 0 bridgehead atoms. The average molecular weight is 611 g/mol. The van der Waals surface area contributed by atoms with E-state index in [-0.39, 0.29) is 17.8 Å². The van der Waals surface area contributed by atoms with E-state index in [9.17, 15) is 24.3 Å². The highest BCUT2D eigenvalue weighted by Gasteiger charge is 2.49. The lowest BCUT2D eigenvalue weighted by atomic mass is 9.91. The zero-order chi connectivity index (χ0) is 31.7. The van der Waals surface area contributed by atoms with Gasteiger partial charge in [-0.1, -0.05) is 13.8 Å². The van der Waals surface area contributed by atoms with E-state index in [0.717, 1.165) is 29.5 Å². The van der Waals surface area contributed by atoms with Crippen LogP contribution >= 0.6 is 0 Å².